The molecule has 7 heteroatoms. The number of methoxy groups -OCH3 is 1. The number of benzene rings is 1. The van der Waals surface area contributed by atoms with Crippen LogP contribution in [0.5, 0.6) is 5.88 Å². The van der Waals surface area contributed by atoms with Crippen molar-refractivity contribution in [2.24, 2.45) is 0 Å². The maximum atomic E-state index is 13.1. The quantitative estimate of drug-likeness (QED) is 0.658. The second kappa shape index (κ2) is 8.00. The van der Waals surface area contributed by atoms with Crippen LogP contribution in [-0.2, 0) is 6.18 Å². The van der Waals surface area contributed by atoms with E-state index in [4.69, 9.17) is 16.3 Å². The molecule has 0 radical (unpaired) electrons. The Bertz CT molecular complexity index is 932. The van der Waals surface area contributed by atoms with E-state index in [1.807, 2.05) is 18.2 Å². The Hall–Kier alpha value is -2.05. The molecule has 1 aliphatic carbocycles. The van der Waals surface area contributed by atoms with Gasteiger partial charge in [0.05, 0.1) is 23.4 Å². The standard InChI is InChI=1S/C22H22ClF3N2O/c1-29-21-16(13-4-5-13)7-9-20(28-21)17(12-15-3-2-10-27-15)14-6-8-18(19(23)11-14)22(24,25)26/h6-9,11-13,15,27H,2-5,10H2,1H3/b17-12+/t15-/m1/s1. The van der Waals surface area contributed by atoms with Crippen molar-refractivity contribution in [3.8, 4) is 5.88 Å². The van der Waals surface area contributed by atoms with Gasteiger partial charge < -0.3 is 10.1 Å². The molecule has 1 saturated carbocycles. The number of halogens is 4. The number of ether oxygens (including phenoxy) is 1. The van der Waals surface area contributed by atoms with E-state index in [0.29, 0.717) is 23.1 Å². The van der Waals surface area contributed by atoms with E-state index in [9.17, 15) is 13.2 Å². The minimum absolute atomic E-state index is 0.141. The highest BCUT2D eigenvalue weighted by molar-refractivity contribution is 6.31. The number of aromatic nitrogens is 1. The van der Waals surface area contributed by atoms with Gasteiger partial charge in [0.15, 0.2) is 0 Å². The molecule has 29 heavy (non-hydrogen) atoms. The molecule has 1 aromatic heterocycles. The second-order valence-corrected chi connectivity index (χ2v) is 7.95. The number of alkyl halides is 3. The molecule has 3 nitrogen and oxygen atoms in total. The lowest BCUT2D eigenvalue weighted by Crippen LogP contribution is -2.19. The monoisotopic (exact) mass is 422 g/mol. The van der Waals surface area contributed by atoms with Crippen molar-refractivity contribution in [1.29, 1.82) is 0 Å². The van der Waals surface area contributed by atoms with E-state index in [-0.39, 0.29) is 11.1 Å². The van der Waals surface area contributed by atoms with Crippen molar-refractivity contribution in [1.82, 2.24) is 10.3 Å². The number of nitrogens with one attached hydrogen (secondary N) is 1. The molecule has 2 fully saturated rings. The van der Waals surface area contributed by atoms with Crippen molar-refractivity contribution in [3.05, 3.63) is 63.8 Å². The highest BCUT2D eigenvalue weighted by Gasteiger charge is 2.33. The lowest BCUT2D eigenvalue weighted by atomic mass is 9.97. The molecule has 1 saturated heterocycles. The van der Waals surface area contributed by atoms with E-state index >= 15 is 0 Å². The Labute approximate surface area is 172 Å². The van der Waals surface area contributed by atoms with E-state index in [1.165, 1.54) is 12.1 Å². The highest BCUT2D eigenvalue weighted by Crippen LogP contribution is 2.44. The predicted molar refractivity (Wildman–Crippen MR) is 107 cm³/mol. The minimum Gasteiger partial charge on any atom is -0.481 e. The fourth-order valence-corrected chi connectivity index (χ4v) is 4.05. The maximum Gasteiger partial charge on any atom is 0.417 e. The van der Waals surface area contributed by atoms with Crippen molar-refractivity contribution >= 4 is 17.2 Å². The smallest absolute Gasteiger partial charge is 0.417 e. The molecule has 1 N–H and O–H groups in total. The van der Waals surface area contributed by atoms with Crippen LogP contribution in [0.25, 0.3) is 5.57 Å². The average Bonchev–Trinajstić information content (AvgIpc) is 3.40. The molecule has 1 atom stereocenters. The first kappa shape index (κ1) is 20.2. The average molecular weight is 423 g/mol. The third-order valence-corrected chi connectivity index (χ3v) is 5.74. The number of hydrogen-bond acceptors (Lipinski definition) is 3. The largest absolute Gasteiger partial charge is 0.481 e. The lowest BCUT2D eigenvalue weighted by Gasteiger charge is -2.16. The Balaban J connectivity index is 1.78. The Morgan fingerprint density at radius 1 is 1.21 bits per heavy atom. The summed E-state index contributed by atoms with van der Waals surface area (Å²) in [5.74, 6) is 1.06. The van der Waals surface area contributed by atoms with Gasteiger partial charge in [0, 0.05) is 17.2 Å². The van der Waals surface area contributed by atoms with Gasteiger partial charge in [0.25, 0.3) is 0 Å². The summed E-state index contributed by atoms with van der Waals surface area (Å²) < 4.78 is 44.9. The van der Waals surface area contributed by atoms with E-state index < -0.39 is 11.7 Å². The van der Waals surface area contributed by atoms with Crippen LogP contribution < -0.4 is 10.1 Å². The Kier molecular flexibility index (Phi) is 5.58. The molecule has 0 spiro atoms. The molecule has 2 aliphatic rings. The van der Waals surface area contributed by atoms with Gasteiger partial charge in [0.2, 0.25) is 5.88 Å². The van der Waals surface area contributed by atoms with Gasteiger partial charge in [-0.05, 0) is 61.9 Å². The molecule has 2 aromatic rings. The zero-order valence-electron chi connectivity index (χ0n) is 16.0. The third kappa shape index (κ3) is 4.43. The van der Waals surface area contributed by atoms with Gasteiger partial charge in [-0.25, -0.2) is 4.98 Å². The fraction of sp³-hybridized carbons (Fsp3) is 0.409. The first-order valence-electron chi connectivity index (χ1n) is 9.74. The summed E-state index contributed by atoms with van der Waals surface area (Å²) >= 11 is 5.99. The van der Waals surface area contributed by atoms with Crippen LogP contribution in [-0.4, -0.2) is 24.7 Å². The lowest BCUT2D eigenvalue weighted by molar-refractivity contribution is -0.137. The normalized spacial score (nSPS) is 20.2. The molecule has 2 heterocycles. The van der Waals surface area contributed by atoms with Gasteiger partial charge in [-0.15, -0.1) is 0 Å². The van der Waals surface area contributed by atoms with Gasteiger partial charge in [-0.3, -0.25) is 0 Å². The summed E-state index contributed by atoms with van der Waals surface area (Å²) in [6, 6.07) is 7.93. The van der Waals surface area contributed by atoms with Crippen molar-refractivity contribution < 1.29 is 17.9 Å². The minimum atomic E-state index is -4.49. The molecule has 4 rings (SSSR count). The first-order valence-corrected chi connectivity index (χ1v) is 10.1. The van der Waals surface area contributed by atoms with E-state index in [2.05, 4.69) is 10.3 Å². The number of hydrogen-bond donors (Lipinski definition) is 1. The van der Waals surface area contributed by atoms with Gasteiger partial charge in [-0.2, -0.15) is 13.2 Å². The summed E-state index contributed by atoms with van der Waals surface area (Å²) in [6.07, 6.45) is 1.82. The molecule has 1 aromatic carbocycles. The highest BCUT2D eigenvalue weighted by atomic mass is 35.5. The van der Waals surface area contributed by atoms with Crippen LogP contribution >= 0.6 is 11.6 Å². The number of rotatable bonds is 5. The first-order chi connectivity index (χ1) is 13.9. The molecule has 1 aliphatic heterocycles. The predicted octanol–water partition coefficient (Wildman–Crippen LogP) is 5.82. The summed E-state index contributed by atoms with van der Waals surface area (Å²) in [4.78, 5) is 4.69. The van der Waals surface area contributed by atoms with Crippen LogP contribution in [0.2, 0.25) is 5.02 Å². The second-order valence-electron chi connectivity index (χ2n) is 7.54. The summed E-state index contributed by atoms with van der Waals surface area (Å²) in [5.41, 5.74) is 2.26. The van der Waals surface area contributed by atoms with Crippen molar-refractivity contribution in [3.63, 3.8) is 0 Å². The fourth-order valence-electron chi connectivity index (χ4n) is 3.77. The van der Waals surface area contributed by atoms with Crippen LogP contribution in [0.4, 0.5) is 13.2 Å². The van der Waals surface area contributed by atoms with Gasteiger partial charge >= 0.3 is 6.18 Å². The van der Waals surface area contributed by atoms with Crippen LogP contribution in [0.3, 0.4) is 0 Å². The topological polar surface area (TPSA) is 34.1 Å². The zero-order chi connectivity index (χ0) is 20.6. The van der Waals surface area contributed by atoms with E-state index in [0.717, 1.165) is 49.4 Å². The zero-order valence-corrected chi connectivity index (χ0v) is 16.8. The SMILES string of the molecule is COc1nc(/C(=C/[C@H]2CCCN2)c2ccc(C(F)(F)F)c(Cl)c2)ccc1C1CC1. The summed E-state index contributed by atoms with van der Waals surface area (Å²) in [5, 5.41) is 3.08. The molecule has 0 bridgehead atoms. The molecular weight excluding hydrogens is 401 g/mol. The molecule has 0 unspecified atom stereocenters. The van der Waals surface area contributed by atoms with Gasteiger partial charge in [0.1, 0.15) is 0 Å². The van der Waals surface area contributed by atoms with Crippen LogP contribution in [0.15, 0.2) is 36.4 Å². The molecular formula is C22H22ClF3N2O. The summed E-state index contributed by atoms with van der Waals surface area (Å²) in [6.45, 7) is 0.916. The van der Waals surface area contributed by atoms with Crippen molar-refractivity contribution in [2.45, 2.75) is 43.8 Å². The van der Waals surface area contributed by atoms with E-state index in [1.54, 1.807) is 7.11 Å². The Morgan fingerprint density at radius 2 is 2.00 bits per heavy atom. The van der Waals surface area contributed by atoms with Crippen molar-refractivity contribution in [2.75, 3.05) is 13.7 Å². The number of pyridine rings is 1. The third-order valence-electron chi connectivity index (χ3n) is 5.43. The molecule has 154 valence electrons. The van der Waals surface area contributed by atoms with Crippen LogP contribution in [0.1, 0.15) is 54.0 Å². The van der Waals surface area contributed by atoms with Crippen LogP contribution in [0, 0.1) is 0 Å². The summed E-state index contributed by atoms with van der Waals surface area (Å²) in [7, 11) is 1.59. The van der Waals surface area contributed by atoms with Gasteiger partial charge in [-0.1, -0.05) is 29.8 Å². The Morgan fingerprint density at radius 3 is 2.59 bits per heavy atom. The number of nitrogens with zero attached hydrogens (tertiary/aromatic N) is 1. The molecule has 0 amide bonds. The maximum absolute atomic E-state index is 13.1.